The molecule has 0 bridgehead atoms. The van der Waals surface area contributed by atoms with Crippen LogP contribution in [0.3, 0.4) is 0 Å². The van der Waals surface area contributed by atoms with Crippen LogP contribution in [0.1, 0.15) is 0 Å². The van der Waals surface area contributed by atoms with E-state index in [9.17, 15) is 0 Å². The van der Waals surface area contributed by atoms with Crippen molar-refractivity contribution < 1.29 is 0 Å². The summed E-state index contributed by atoms with van der Waals surface area (Å²) in [6.07, 6.45) is 1.75. The topological polar surface area (TPSA) is 77.3 Å². The van der Waals surface area contributed by atoms with E-state index in [1.807, 2.05) is 66.7 Å². The van der Waals surface area contributed by atoms with Crippen LogP contribution in [0.4, 0.5) is 0 Å². The highest BCUT2D eigenvalue weighted by atomic mass is 15.0. The summed E-state index contributed by atoms with van der Waals surface area (Å²) in [7, 11) is 0. The molecular weight excluding hydrogens is 733 g/mol. The van der Waals surface area contributed by atoms with Gasteiger partial charge in [0, 0.05) is 39.2 Å². The quantitative estimate of drug-likeness (QED) is 0.150. The van der Waals surface area contributed by atoms with E-state index in [-0.39, 0.29) is 0 Å². The molecule has 0 saturated heterocycles. The average molecular weight is 767 g/mol. The van der Waals surface area contributed by atoms with Crippen molar-refractivity contribution in [2.75, 3.05) is 0 Å². The van der Waals surface area contributed by atoms with Gasteiger partial charge in [-0.05, 0) is 63.4 Å². The van der Waals surface area contributed by atoms with E-state index in [0.717, 1.165) is 77.7 Å². The molecule has 0 fully saturated rings. The number of aromatic nitrogens is 6. The third-order valence-electron chi connectivity index (χ3n) is 11.0. The first kappa shape index (κ1) is 35.0. The van der Waals surface area contributed by atoms with Crippen molar-refractivity contribution in [2.24, 2.45) is 0 Å². The van der Waals surface area contributed by atoms with Gasteiger partial charge in [-0.1, -0.05) is 170 Å². The van der Waals surface area contributed by atoms with Gasteiger partial charge in [-0.15, -0.1) is 0 Å². The molecule has 0 radical (unpaired) electrons. The summed E-state index contributed by atoms with van der Waals surface area (Å²) in [6.45, 7) is 0. The Morgan fingerprint density at radius 3 is 1.52 bits per heavy atom. The van der Waals surface area contributed by atoms with Crippen molar-refractivity contribution in [3.8, 4) is 79.1 Å². The highest BCUT2D eigenvalue weighted by Crippen LogP contribution is 2.37. The van der Waals surface area contributed by atoms with Crippen LogP contribution >= 0.6 is 0 Å². The van der Waals surface area contributed by atoms with E-state index in [1.54, 1.807) is 6.20 Å². The lowest BCUT2D eigenvalue weighted by Gasteiger charge is -2.14. The van der Waals surface area contributed by atoms with Gasteiger partial charge in [0.25, 0.3) is 0 Å². The van der Waals surface area contributed by atoms with Gasteiger partial charge >= 0.3 is 0 Å². The highest BCUT2D eigenvalue weighted by molar-refractivity contribution is 6.10. The molecule has 0 aliphatic carbocycles. The molecule has 0 unspecified atom stereocenters. The molecule has 6 heteroatoms. The largest absolute Gasteiger partial charge is 0.253 e. The maximum absolute atomic E-state index is 5.38. The molecule has 4 heterocycles. The Hall–Kier alpha value is -8.22. The lowest BCUT2D eigenvalue weighted by molar-refractivity contribution is 1.06. The fourth-order valence-corrected chi connectivity index (χ4v) is 7.86. The van der Waals surface area contributed by atoms with Crippen molar-refractivity contribution in [2.45, 2.75) is 0 Å². The van der Waals surface area contributed by atoms with E-state index in [2.05, 4.69) is 138 Å². The van der Waals surface area contributed by atoms with Crippen LogP contribution in [-0.2, 0) is 0 Å². The second kappa shape index (κ2) is 14.9. The maximum atomic E-state index is 5.38. The summed E-state index contributed by atoms with van der Waals surface area (Å²) >= 11 is 0. The zero-order valence-electron chi connectivity index (χ0n) is 32.3. The minimum absolute atomic E-state index is 0.533. The number of benzene rings is 7. The zero-order valence-corrected chi connectivity index (χ0v) is 32.3. The Balaban J connectivity index is 0.980. The number of rotatable bonds is 7. The molecule has 4 aromatic heterocycles. The Morgan fingerprint density at radius 2 is 0.800 bits per heavy atom. The number of hydrogen-bond donors (Lipinski definition) is 0. The summed E-state index contributed by atoms with van der Waals surface area (Å²) in [6, 6.07) is 69.0. The first-order valence-electron chi connectivity index (χ1n) is 19.9. The molecule has 280 valence electrons. The van der Waals surface area contributed by atoms with Gasteiger partial charge in [-0.25, -0.2) is 24.9 Å². The van der Waals surface area contributed by atoms with Gasteiger partial charge in [0.1, 0.15) is 5.69 Å². The number of pyridine rings is 3. The molecule has 11 rings (SSSR count). The molecule has 60 heavy (non-hydrogen) atoms. The van der Waals surface area contributed by atoms with Gasteiger partial charge in [-0.3, -0.25) is 4.98 Å². The number of fused-ring (bicyclic) bond motifs is 4. The molecule has 6 nitrogen and oxygen atoms in total. The molecular formula is C54H34N6. The third-order valence-corrected chi connectivity index (χ3v) is 11.0. The molecule has 0 atom stereocenters. The second-order valence-electron chi connectivity index (χ2n) is 14.8. The normalized spacial score (nSPS) is 11.3. The standard InChI is InChI=1S/C54H34N6/c1-3-12-38(13-4-1)47-31-29-40-28-30-45-46(44-27-22-35-11-7-8-16-43(35)33-44)34-49(57-51(45)50(40)56-47)39-23-18-36(19-24-39)37-20-25-42(26-21-37)53-58-52(41-14-5-2-6-15-41)59-54(60-53)48-17-9-10-32-55-48/h1-34H. The molecule has 0 N–H and O–H groups in total. The molecule has 0 aliphatic heterocycles. The van der Waals surface area contributed by atoms with E-state index in [1.165, 1.54) is 10.8 Å². The summed E-state index contributed by atoms with van der Waals surface area (Å²) < 4.78 is 0. The Labute approximate surface area is 346 Å². The summed E-state index contributed by atoms with van der Waals surface area (Å²) in [4.78, 5) is 29.7. The first-order chi connectivity index (χ1) is 29.7. The number of hydrogen-bond acceptors (Lipinski definition) is 6. The highest BCUT2D eigenvalue weighted by Gasteiger charge is 2.16. The van der Waals surface area contributed by atoms with Crippen molar-refractivity contribution in [3.05, 3.63) is 206 Å². The predicted molar refractivity (Wildman–Crippen MR) is 244 cm³/mol. The predicted octanol–water partition coefficient (Wildman–Crippen LogP) is 13.2. The van der Waals surface area contributed by atoms with Crippen molar-refractivity contribution in [3.63, 3.8) is 0 Å². The van der Waals surface area contributed by atoms with Crippen molar-refractivity contribution in [1.82, 2.24) is 29.9 Å². The Bertz CT molecular complexity index is 3280. The third kappa shape index (κ3) is 6.62. The smallest absolute Gasteiger partial charge is 0.182 e. The van der Waals surface area contributed by atoms with Crippen LogP contribution in [0.15, 0.2) is 206 Å². The average Bonchev–Trinajstić information content (AvgIpc) is 3.34. The molecule has 0 aliphatic rings. The monoisotopic (exact) mass is 766 g/mol. The van der Waals surface area contributed by atoms with Gasteiger partial charge in [0.05, 0.1) is 22.4 Å². The molecule has 11 aromatic rings. The van der Waals surface area contributed by atoms with E-state index < -0.39 is 0 Å². The van der Waals surface area contributed by atoms with Gasteiger partial charge < -0.3 is 0 Å². The van der Waals surface area contributed by atoms with E-state index in [0.29, 0.717) is 23.2 Å². The van der Waals surface area contributed by atoms with Crippen LogP contribution in [0.2, 0.25) is 0 Å². The Kier molecular flexibility index (Phi) is 8.71. The van der Waals surface area contributed by atoms with Crippen LogP contribution in [0.5, 0.6) is 0 Å². The molecule has 7 aromatic carbocycles. The summed E-state index contributed by atoms with van der Waals surface area (Å²) in [5, 5.41) is 4.53. The van der Waals surface area contributed by atoms with Gasteiger partial charge in [0.2, 0.25) is 0 Å². The first-order valence-corrected chi connectivity index (χ1v) is 19.9. The van der Waals surface area contributed by atoms with Gasteiger partial charge in [-0.2, -0.15) is 0 Å². The molecule has 0 saturated carbocycles. The molecule has 0 amide bonds. The second-order valence-corrected chi connectivity index (χ2v) is 14.8. The van der Waals surface area contributed by atoms with Crippen molar-refractivity contribution in [1.29, 1.82) is 0 Å². The fourth-order valence-electron chi connectivity index (χ4n) is 7.86. The lowest BCUT2D eigenvalue weighted by Crippen LogP contribution is -2.00. The maximum Gasteiger partial charge on any atom is 0.182 e. The van der Waals surface area contributed by atoms with Crippen LogP contribution < -0.4 is 0 Å². The van der Waals surface area contributed by atoms with Crippen molar-refractivity contribution >= 4 is 32.6 Å². The molecule has 0 spiro atoms. The summed E-state index contributed by atoms with van der Waals surface area (Å²) in [5.74, 6) is 1.73. The minimum atomic E-state index is 0.533. The zero-order chi connectivity index (χ0) is 39.8. The lowest BCUT2D eigenvalue weighted by atomic mass is 9.94. The Morgan fingerprint density at radius 1 is 0.267 bits per heavy atom. The fraction of sp³-hybridized carbons (Fsp3) is 0. The van der Waals surface area contributed by atoms with E-state index >= 15 is 0 Å². The minimum Gasteiger partial charge on any atom is -0.253 e. The SMILES string of the molecule is c1ccc(-c2ccc3ccc4c(-c5ccc6ccccc6c5)cc(-c5ccc(-c6ccc(-c7nc(-c8ccccc8)nc(-c8ccccn8)n7)cc6)cc5)nc4c3n2)cc1. The van der Waals surface area contributed by atoms with Crippen LogP contribution in [0, 0.1) is 0 Å². The number of nitrogens with zero attached hydrogens (tertiary/aromatic N) is 6. The van der Waals surface area contributed by atoms with Crippen LogP contribution in [0.25, 0.3) is 112 Å². The van der Waals surface area contributed by atoms with Crippen LogP contribution in [-0.4, -0.2) is 29.9 Å². The summed E-state index contributed by atoms with van der Waals surface area (Å²) in [5.41, 5.74) is 12.6. The van der Waals surface area contributed by atoms with Gasteiger partial charge in [0.15, 0.2) is 17.5 Å². The van der Waals surface area contributed by atoms with E-state index in [4.69, 9.17) is 24.9 Å².